The quantitative estimate of drug-likeness (QED) is 0.352. The molecule has 0 bridgehead atoms. The molecule has 0 spiro atoms. The Balaban J connectivity index is 1.86. The van der Waals surface area contributed by atoms with Crippen molar-refractivity contribution in [2.45, 2.75) is 41.5 Å². The number of carbonyl (C=O) groups is 2. The van der Waals surface area contributed by atoms with Gasteiger partial charge in [0.2, 0.25) is 0 Å². The number of hydrogen-bond acceptors (Lipinski definition) is 3. The summed E-state index contributed by atoms with van der Waals surface area (Å²) in [5, 5.41) is 0. The van der Waals surface area contributed by atoms with Gasteiger partial charge in [-0.15, -0.1) is 0 Å². The molecule has 0 aliphatic carbocycles. The fourth-order valence-corrected chi connectivity index (χ4v) is 4.56. The van der Waals surface area contributed by atoms with Crippen LogP contribution in [-0.2, 0) is 14.3 Å². The molecule has 5 nitrogen and oxygen atoms in total. The van der Waals surface area contributed by atoms with Gasteiger partial charge in [0.05, 0.1) is 17.8 Å². The first kappa shape index (κ1) is 23.3. The van der Waals surface area contributed by atoms with E-state index in [0.29, 0.717) is 16.8 Å². The van der Waals surface area contributed by atoms with E-state index in [1.165, 1.54) is 0 Å². The maximum atomic E-state index is 13.7. The van der Waals surface area contributed by atoms with E-state index in [4.69, 9.17) is 4.74 Å². The molecule has 0 N–H and O–H groups in total. The van der Waals surface area contributed by atoms with Crippen molar-refractivity contribution in [3.8, 4) is 5.69 Å². The van der Waals surface area contributed by atoms with Crippen LogP contribution in [0.2, 0.25) is 0 Å². The highest BCUT2D eigenvalue weighted by molar-refractivity contribution is 6.23. The minimum absolute atomic E-state index is 0.231. The highest BCUT2D eigenvalue weighted by Crippen LogP contribution is 2.36. The van der Waals surface area contributed by atoms with Gasteiger partial charge in [-0.1, -0.05) is 35.9 Å². The number of benzene rings is 2. The van der Waals surface area contributed by atoms with Crippen LogP contribution in [-0.4, -0.2) is 23.1 Å². The molecule has 34 heavy (non-hydrogen) atoms. The van der Waals surface area contributed by atoms with E-state index in [9.17, 15) is 9.59 Å². The van der Waals surface area contributed by atoms with Crippen LogP contribution in [0.4, 0.5) is 5.69 Å². The zero-order valence-corrected chi connectivity index (χ0v) is 20.6. The summed E-state index contributed by atoms with van der Waals surface area (Å²) in [6.07, 6.45) is 1.82. The van der Waals surface area contributed by atoms with Gasteiger partial charge in [-0.3, -0.25) is 9.69 Å². The molecule has 2 aromatic carbocycles. The maximum absolute atomic E-state index is 13.7. The van der Waals surface area contributed by atoms with Crippen LogP contribution < -0.4 is 4.90 Å². The fraction of sp³-hybridized carbons (Fsp3) is 0.241. The van der Waals surface area contributed by atoms with Gasteiger partial charge in [-0.2, -0.15) is 0 Å². The first-order chi connectivity index (χ1) is 16.2. The average molecular weight is 455 g/mol. The number of esters is 1. The van der Waals surface area contributed by atoms with Gasteiger partial charge in [0.15, 0.2) is 0 Å². The van der Waals surface area contributed by atoms with Crippen molar-refractivity contribution in [1.82, 2.24) is 4.57 Å². The van der Waals surface area contributed by atoms with Gasteiger partial charge in [-0.25, -0.2) is 4.79 Å². The van der Waals surface area contributed by atoms with Gasteiger partial charge in [0.1, 0.15) is 0 Å². The van der Waals surface area contributed by atoms with Crippen molar-refractivity contribution >= 4 is 23.6 Å². The Bertz CT molecular complexity index is 1340. The third kappa shape index (κ3) is 3.98. The van der Waals surface area contributed by atoms with Crippen LogP contribution in [0.5, 0.6) is 0 Å². The lowest BCUT2D eigenvalue weighted by Gasteiger charge is -2.18. The Hall–Kier alpha value is -3.86. The van der Waals surface area contributed by atoms with Crippen molar-refractivity contribution in [3.63, 3.8) is 0 Å². The van der Waals surface area contributed by atoms with Crippen molar-refractivity contribution in [2.24, 2.45) is 0 Å². The summed E-state index contributed by atoms with van der Waals surface area (Å²) in [7, 11) is 0. The molecule has 0 saturated heterocycles. The number of rotatable bonds is 5. The normalized spacial score (nSPS) is 14.9. The van der Waals surface area contributed by atoms with Gasteiger partial charge < -0.3 is 9.30 Å². The SMILES string of the molecule is CCOC(=O)C1=C(C)N(c2ccc(C)cc2)C(=O)/C1=C\c1cc(C)n(-c2ccccc2C)c1C. The van der Waals surface area contributed by atoms with E-state index < -0.39 is 5.97 Å². The summed E-state index contributed by atoms with van der Waals surface area (Å²) in [6, 6.07) is 18.0. The van der Waals surface area contributed by atoms with E-state index in [0.717, 1.165) is 39.5 Å². The molecule has 0 atom stereocenters. The number of allylic oxidation sites excluding steroid dienone is 1. The highest BCUT2D eigenvalue weighted by Gasteiger charge is 2.38. The number of aryl methyl sites for hydroxylation is 3. The molecule has 4 rings (SSSR count). The van der Waals surface area contributed by atoms with Crippen LogP contribution in [0, 0.1) is 27.7 Å². The van der Waals surface area contributed by atoms with Crippen LogP contribution in [0.3, 0.4) is 0 Å². The summed E-state index contributed by atoms with van der Waals surface area (Å²) in [4.78, 5) is 28.2. The summed E-state index contributed by atoms with van der Waals surface area (Å²) < 4.78 is 7.52. The number of nitrogens with zero attached hydrogens (tertiary/aromatic N) is 2. The van der Waals surface area contributed by atoms with E-state index in [1.807, 2.05) is 63.2 Å². The van der Waals surface area contributed by atoms with Gasteiger partial charge in [-0.05, 0) is 83.0 Å². The lowest BCUT2D eigenvalue weighted by atomic mass is 10.0. The van der Waals surface area contributed by atoms with Crippen LogP contribution >= 0.6 is 0 Å². The molecule has 0 fully saturated rings. The maximum Gasteiger partial charge on any atom is 0.340 e. The van der Waals surface area contributed by atoms with Gasteiger partial charge in [0.25, 0.3) is 5.91 Å². The van der Waals surface area contributed by atoms with Crippen molar-refractivity contribution < 1.29 is 14.3 Å². The van der Waals surface area contributed by atoms with Crippen molar-refractivity contribution in [2.75, 3.05) is 11.5 Å². The number of aromatic nitrogens is 1. The van der Waals surface area contributed by atoms with Crippen LogP contribution in [0.1, 0.15) is 41.9 Å². The predicted octanol–water partition coefficient (Wildman–Crippen LogP) is 5.98. The predicted molar refractivity (Wildman–Crippen MR) is 136 cm³/mol. The standard InChI is InChI=1S/C29H30N2O3/c1-7-34-29(33)27-22(6)31(24-14-12-18(2)13-15-24)28(32)25(27)17-23-16-20(4)30(21(23)5)26-11-9-8-10-19(26)3/h8-17H,7H2,1-6H3/b25-17-. The molecule has 1 aliphatic heterocycles. The van der Waals surface area contributed by atoms with Gasteiger partial charge in [0, 0.05) is 28.5 Å². The van der Waals surface area contributed by atoms with Crippen molar-refractivity contribution in [3.05, 3.63) is 99.5 Å². The molecule has 0 radical (unpaired) electrons. The smallest absolute Gasteiger partial charge is 0.340 e. The minimum Gasteiger partial charge on any atom is -0.462 e. The zero-order chi connectivity index (χ0) is 24.6. The first-order valence-corrected chi connectivity index (χ1v) is 11.5. The number of para-hydroxylation sites is 1. The Morgan fingerprint density at radius 1 is 0.971 bits per heavy atom. The van der Waals surface area contributed by atoms with E-state index in [1.54, 1.807) is 18.7 Å². The Labute approximate surface area is 201 Å². The van der Waals surface area contributed by atoms with E-state index in [-0.39, 0.29) is 12.5 Å². The number of amides is 1. The summed E-state index contributed by atoms with van der Waals surface area (Å²) in [6.45, 7) is 12.0. The molecule has 2 heterocycles. The second-order valence-electron chi connectivity index (χ2n) is 8.66. The molecule has 0 saturated carbocycles. The topological polar surface area (TPSA) is 51.5 Å². The molecular formula is C29H30N2O3. The molecule has 1 aliphatic rings. The van der Waals surface area contributed by atoms with E-state index in [2.05, 4.69) is 29.7 Å². The van der Waals surface area contributed by atoms with Gasteiger partial charge >= 0.3 is 5.97 Å². The second-order valence-corrected chi connectivity index (χ2v) is 8.66. The monoisotopic (exact) mass is 454 g/mol. The lowest BCUT2D eigenvalue weighted by Crippen LogP contribution is -2.24. The summed E-state index contributed by atoms with van der Waals surface area (Å²) in [5.41, 5.74) is 8.27. The number of anilines is 1. The Morgan fingerprint density at radius 2 is 1.65 bits per heavy atom. The third-order valence-corrected chi connectivity index (χ3v) is 6.30. The third-order valence-electron chi connectivity index (χ3n) is 6.30. The number of carbonyl (C=O) groups excluding carboxylic acids is 2. The lowest BCUT2D eigenvalue weighted by molar-refractivity contribution is -0.138. The van der Waals surface area contributed by atoms with E-state index >= 15 is 0 Å². The second kappa shape index (κ2) is 9.18. The van der Waals surface area contributed by atoms with Crippen LogP contribution in [0.15, 0.2) is 71.4 Å². The minimum atomic E-state index is -0.484. The molecule has 174 valence electrons. The fourth-order valence-electron chi connectivity index (χ4n) is 4.56. The molecule has 3 aromatic rings. The molecule has 1 amide bonds. The number of hydrogen-bond donors (Lipinski definition) is 0. The molecule has 1 aromatic heterocycles. The largest absolute Gasteiger partial charge is 0.462 e. The molecule has 5 heteroatoms. The average Bonchev–Trinajstić information content (AvgIpc) is 3.21. The zero-order valence-electron chi connectivity index (χ0n) is 20.6. The molecular weight excluding hydrogens is 424 g/mol. The molecule has 0 unspecified atom stereocenters. The Kier molecular flexibility index (Phi) is 6.29. The Morgan fingerprint density at radius 3 is 2.29 bits per heavy atom. The summed E-state index contributed by atoms with van der Waals surface area (Å²) >= 11 is 0. The summed E-state index contributed by atoms with van der Waals surface area (Å²) in [5.74, 6) is -0.716. The highest BCUT2D eigenvalue weighted by atomic mass is 16.5. The van der Waals surface area contributed by atoms with Crippen molar-refractivity contribution in [1.29, 1.82) is 0 Å². The number of ether oxygens (including phenoxy) is 1. The van der Waals surface area contributed by atoms with Crippen LogP contribution in [0.25, 0.3) is 11.8 Å². The first-order valence-electron chi connectivity index (χ1n) is 11.5.